The van der Waals surface area contributed by atoms with Crippen molar-refractivity contribution in [2.75, 3.05) is 7.11 Å². The normalized spacial score (nSPS) is 10.7. The van der Waals surface area contributed by atoms with E-state index in [2.05, 4.69) is 4.98 Å². The molecule has 0 fully saturated rings. The smallest absolute Gasteiger partial charge is 0.333 e. The highest BCUT2D eigenvalue weighted by molar-refractivity contribution is 5.79. The third kappa shape index (κ3) is 2.16. The number of methoxy groups -OCH3 is 1. The molecule has 1 heterocycles. The number of phenolic OH excluding ortho intramolecular Hbond substituents is 1. The average molecular weight is 284 g/mol. The molecule has 3 rings (SSSR count). The number of hydrogen-bond acceptors (Lipinski definition) is 4. The van der Waals surface area contributed by atoms with Gasteiger partial charge in [0.15, 0.2) is 0 Å². The Bertz CT molecular complexity index is 923. The van der Waals surface area contributed by atoms with Crippen LogP contribution < -0.4 is 16.0 Å². The van der Waals surface area contributed by atoms with Crippen molar-refractivity contribution < 1.29 is 9.84 Å². The Hall–Kier alpha value is -3.02. The molecule has 0 unspecified atom stereocenters. The maximum absolute atomic E-state index is 12.4. The van der Waals surface area contributed by atoms with Gasteiger partial charge >= 0.3 is 5.69 Å². The molecule has 0 atom stereocenters. The van der Waals surface area contributed by atoms with E-state index in [1.165, 1.54) is 25.3 Å². The van der Waals surface area contributed by atoms with Gasteiger partial charge < -0.3 is 14.8 Å². The number of H-pyrrole nitrogens is 1. The highest BCUT2D eigenvalue weighted by atomic mass is 16.5. The lowest BCUT2D eigenvalue weighted by Crippen LogP contribution is -2.33. The monoisotopic (exact) mass is 284 g/mol. The van der Waals surface area contributed by atoms with Crippen molar-refractivity contribution in [3.8, 4) is 17.2 Å². The maximum atomic E-state index is 12.4. The number of aromatic nitrogens is 2. The van der Waals surface area contributed by atoms with Crippen LogP contribution in [-0.4, -0.2) is 21.8 Å². The number of hydrogen-bond donors (Lipinski definition) is 2. The van der Waals surface area contributed by atoms with Gasteiger partial charge in [-0.25, -0.2) is 9.36 Å². The SMILES string of the molecule is COc1ccc(-n2c(=O)[nH]c3cc(O)ccc3c2=O)cc1. The van der Waals surface area contributed by atoms with E-state index in [4.69, 9.17) is 4.74 Å². The number of fused-ring (bicyclic) bond motifs is 1. The zero-order valence-corrected chi connectivity index (χ0v) is 11.2. The summed E-state index contributed by atoms with van der Waals surface area (Å²) in [5.41, 5.74) is -0.269. The molecule has 2 aromatic carbocycles. The van der Waals surface area contributed by atoms with Crippen molar-refractivity contribution in [1.29, 1.82) is 0 Å². The molecule has 0 aliphatic rings. The van der Waals surface area contributed by atoms with Crippen molar-refractivity contribution in [2.45, 2.75) is 0 Å². The Balaban J connectivity index is 2.29. The van der Waals surface area contributed by atoms with E-state index in [9.17, 15) is 14.7 Å². The van der Waals surface area contributed by atoms with Gasteiger partial charge in [0.05, 0.1) is 23.7 Å². The second kappa shape index (κ2) is 4.82. The molecule has 2 N–H and O–H groups in total. The number of aromatic amines is 1. The van der Waals surface area contributed by atoms with Gasteiger partial charge in [0.1, 0.15) is 11.5 Å². The van der Waals surface area contributed by atoms with E-state index in [1.807, 2.05) is 0 Å². The zero-order valence-electron chi connectivity index (χ0n) is 11.2. The van der Waals surface area contributed by atoms with Crippen molar-refractivity contribution in [1.82, 2.24) is 9.55 Å². The second-order valence-electron chi connectivity index (χ2n) is 4.50. The Morgan fingerprint density at radius 2 is 1.81 bits per heavy atom. The number of nitrogens with one attached hydrogen (secondary N) is 1. The molecule has 0 bridgehead atoms. The predicted molar refractivity (Wildman–Crippen MR) is 78.4 cm³/mol. The fourth-order valence-corrected chi connectivity index (χ4v) is 2.17. The molecule has 0 aliphatic carbocycles. The van der Waals surface area contributed by atoms with Crippen molar-refractivity contribution in [3.05, 3.63) is 63.3 Å². The minimum Gasteiger partial charge on any atom is -0.508 e. The number of benzene rings is 2. The number of rotatable bonds is 2. The van der Waals surface area contributed by atoms with E-state index in [-0.39, 0.29) is 5.75 Å². The molecule has 3 aromatic rings. The molecule has 1 aromatic heterocycles. The highest BCUT2D eigenvalue weighted by Crippen LogP contribution is 2.16. The summed E-state index contributed by atoms with van der Waals surface area (Å²) in [6, 6.07) is 10.8. The third-order valence-electron chi connectivity index (χ3n) is 3.21. The molecule has 106 valence electrons. The minimum absolute atomic E-state index is 0.0141. The Kier molecular flexibility index (Phi) is 2.98. The Morgan fingerprint density at radius 3 is 2.48 bits per heavy atom. The largest absolute Gasteiger partial charge is 0.508 e. The zero-order chi connectivity index (χ0) is 15.0. The van der Waals surface area contributed by atoms with Crippen LogP contribution >= 0.6 is 0 Å². The van der Waals surface area contributed by atoms with Crippen LogP contribution in [0.4, 0.5) is 0 Å². The highest BCUT2D eigenvalue weighted by Gasteiger charge is 2.10. The van der Waals surface area contributed by atoms with E-state index in [0.717, 1.165) is 4.57 Å². The van der Waals surface area contributed by atoms with Gasteiger partial charge in [-0.2, -0.15) is 0 Å². The van der Waals surface area contributed by atoms with Crippen LogP contribution in [0.25, 0.3) is 16.6 Å². The summed E-state index contributed by atoms with van der Waals surface area (Å²) in [5, 5.41) is 9.73. The topological polar surface area (TPSA) is 84.3 Å². The van der Waals surface area contributed by atoms with E-state index >= 15 is 0 Å². The molecular formula is C15H12N2O4. The molecule has 0 spiro atoms. The van der Waals surface area contributed by atoms with Crippen LogP contribution in [0.2, 0.25) is 0 Å². The van der Waals surface area contributed by atoms with Crippen molar-refractivity contribution >= 4 is 10.9 Å². The molecule has 21 heavy (non-hydrogen) atoms. The summed E-state index contributed by atoms with van der Waals surface area (Å²) in [4.78, 5) is 27.1. The van der Waals surface area contributed by atoms with Gasteiger partial charge in [0.2, 0.25) is 0 Å². The third-order valence-corrected chi connectivity index (χ3v) is 3.21. The standard InChI is InChI=1S/C15H12N2O4/c1-21-11-5-2-9(3-6-11)17-14(19)12-7-4-10(18)8-13(12)16-15(17)20/h2-8,18H,1H3,(H,16,20). The van der Waals surface area contributed by atoms with Crippen molar-refractivity contribution in [2.24, 2.45) is 0 Å². The summed E-state index contributed by atoms with van der Waals surface area (Å²) in [6.07, 6.45) is 0. The average Bonchev–Trinajstić information content (AvgIpc) is 2.47. The first-order valence-corrected chi connectivity index (χ1v) is 6.22. The van der Waals surface area contributed by atoms with E-state index in [0.29, 0.717) is 22.3 Å². The minimum atomic E-state index is -0.566. The first kappa shape index (κ1) is 13.0. The van der Waals surface area contributed by atoms with Crippen LogP contribution in [0.15, 0.2) is 52.1 Å². The van der Waals surface area contributed by atoms with Crippen LogP contribution in [0, 0.1) is 0 Å². The quantitative estimate of drug-likeness (QED) is 0.745. The van der Waals surface area contributed by atoms with Gasteiger partial charge in [-0.3, -0.25) is 4.79 Å². The number of aromatic hydroxyl groups is 1. The fourth-order valence-electron chi connectivity index (χ4n) is 2.17. The summed E-state index contributed by atoms with van der Waals surface area (Å²) in [5.74, 6) is 0.619. The lowest BCUT2D eigenvalue weighted by molar-refractivity contribution is 0.414. The first-order valence-electron chi connectivity index (χ1n) is 6.22. The summed E-state index contributed by atoms with van der Waals surface area (Å²) < 4.78 is 6.09. The van der Waals surface area contributed by atoms with Gasteiger partial charge in [-0.05, 0) is 36.4 Å². The van der Waals surface area contributed by atoms with Crippen LogP contribution in [0.1, 0.15) is 0 Å². The number of ether oxygens (including phenoxy) is 1. The van der Waals surface area contributed by atoms with Gasteiger partial charge in [-0.1, -0.05) is 0 Å². The van der Waals surface area contributed by atoms with Crippen LogP contribution in [0.3, 0.4) is 0 Å². The molecule has 6 heteroatoms. The molecule has 0 aliphatic heterocycles. The predicted octanol–water partition coefficient (Wildman–Crippen LogP) is 1.39. The molecule has 0 saturated carbocycles. The number of phenols is 1. The van der Waals surface area contributed by atoms with Gasteiger partial charge in [0.25, 0.3) is 5.56 Å². The maximum Gasteiger partial charge on any atom is 0.333 e. The van der Waals surface area contributed by atoms with Crippen LogP contribution in [0.5, 0.6) is 11.5 Å². The van der Waals surface area contributed by atoms with Crippen molar-refractivity contribution in [3.63, 3.8) is 0 Å². The molecular weight excluding hydrogens is 272 g/mol. The lowest BCUT2D eigenvalue weighted by atomic mass is 10.2. The molecule has 0 saturated heterocycles. The van der Waals surface area contributed by atoms with Gasteiger partial charge in [-0.15, -0.1) is 0 Å². The fraction of sp³-hybridized carbons (Fsp3) is 0.0667. The first-order chi connectivity index (χ1) is 10.1. The van der Waals surface area contributed by atoms with Gasteiger partial charge in [0, 0.05) is 6.07 Å². The van der Waals surface area contributed by atoms with E-state index in [1.54, 1.807) is 24.3 Å². The summed E-state index contributed by atoms with van der Waals surface area (Å²) >= 11 is 0. The molecule has 6 nitrogen and oxygen atoms in total. The second-order valence-corrected chi connectivity index (χ2v) is 4.50. The molecule has 0 radical (unpaired) electrons. The summed E-state index contributed by atoms with van der Waals surface area (Å²) in [7, 11) is 1.54. The Morgan fingerprint density at radius 1 is 1.10 bits per heavy atom. The summed E-state index contributed by atoms with van der Waals surface area (Å²) in [6.45, 7) is 0. The lowest BCUT2D eigenvalue weighted by Gasteiger charge is -2.07. The van der Waals surface area contributed by atoms with Crippen LogP contribution in [-0.2, 0) is 0 Å². The Labute approximate surface area is 118 Å². The number of nitrogens with zero attached hydrogens (tertiary/aromatic N) is 1. The molecule has 0 amide bonds. The van der Waals surface area contributed by atoms with E-state index < -0.39 is 11.2 Å².